The lowest BCUT2D eigenvalue weighted by atomic mass is 10.3. The molecule has 2 aromatic rings. The van der Waals surface area contributed by atoms with Crippen molar-refractivity contribution in [1.29, 1.82) is 0 Å². The molecule has 0 saturated heterocycles. The molecule has 0 saturated carbocycles. The van der Waals surface area contributed by atoms with Crippen molar-refractivity contribution in [2.45, 2.75) is 6.92 Å². The Hall–Kier alpha value is -2.44. The molecule has 1 aromatic carbocycles. The Morgan fingerprint density at radius 3 is 2.76 bits per heavy atom. The molecule has 0 radical (unpaired) electrons. The van der Waals surface area contributed by atoms with Crippen LogP contribution in [0.3, 0.4) is 0 Å². The summed E-state index contributed by atoms with van der Waals surface area (Å²) in [5, 5.41) is 13.4. The standard InChI is InChI=1S/C10H11N5O2/c1-2-17-10(16)12-8-3-5-9(6-4-8)15-7-11-13-14-15/h3-7H,2H2,1H3,(H,12,16). The molecule has 0 aliphatic carbocycles. The number of nitrogens with zero attached hydrogens (tertiary/aromatic N) is 4. The number of tetrazole rings is 1. The van der Waals surface area contributed by atoms with Gasteiger partial charge in [-0.1, -0.05) is 0 Å². The molecule has 0 spiro atoms. The van der Waals surface area contributed by atoms with Crippen molar-refractivity contribution in [3.63, 3.8) is 0 Å². The molecule has 7 heteroatoms. The summed E-state index contributed by atoms with van der Waals surface area (Å²) in [5.41, 5.74) is 1.46. The molecule has 0 bridgehead atoms. The minimum Gasteiger partial charge on any atom is -0.450 e. The number of nitrogens with one attached hydrogen (secondary N) is 1. The second-order valence-corrected chi connectivity index (χ2v) is 3.15. The lowest BCUT2D eigenvalue weighted by Crippen LogP contribution is -2.13. The van der Waals surface area contributed by atoms with Crippen molar-refractivity contribution in [3.05, 3.63) is 30.6 Å². The Morgan fingerprint density at radius 1 is 1.41 bits per heavy atom. The first-order valence-corrected chi connectivity index (χ1v) is 5.07. The van der Waals surface area contributed by atoms with Crippen LogP contribution < -0.4 is 5.32 Å². The zero-order valence-electron chi connectivity index (χ0n) is 9.20. The minimum absolute atomic E-state index is 0.342. The molecule has 2 rings (SSSR count). The third-order valence-electron chi connectivity index (χ3n) is 2.00. The molecule has 1 heterocycles. The number of carbonyl (C=O) groups is 1. The van der Waals surface area contributed by atoms with Crippen LogP contribution in [0.5, 0.6) is 0 Å². The number of rotatable bonds is 3. The average Bonchev–Trinajstić information content (AvgIpc) is 2.84. The van der Waals surface area contributed by atoms with Gasteiger partial charge in [-0.15, -0.1) is 5.10 Å². The maximum absolute atomic E-state index is 11.2. The van der Waals surface area contributed by atoms with Gasteiger partial charge in [0.1, 0.15) is 6.33 Å². The van der Waals surface area contributed by atoms with E-state index in [4.69, 9.17) is 4.74 Å². The maximum atomic E-state index is 11.2. The normalized spacial score (nSPS) is 9.94. The van der Waals surface area contributed by atoms with Crippen LogP contribution in [0.25, 0.3) is 5.69 Å². The highest BCUT2D eigenvalue weighted by Crippen LogP contribution is 2.11. The lowest BCUT2D eigenvalue weighted by molar-refractivity contribution is 0.168. The van der Waals surface area contributed by atoms with Crippen LogP contribution in [0.2, 0.25) is 0 Å². The maximum Gasteiger partial charge on any atom is 0.411 e. The van der Waals surface area contributed by atoms with Gasteiger partial charge in [0, 0.05) is 5.69 Å². The molecule has 17 heavy (non-hydrogen) atoms. The zero-order valence-corrected chi connectivity index (χ0v) is 9.20. The van der Waals surface area contributed by atoms with Gasteiger partial charge in [0.05, 0.1) is 12.3 Å². The molecule has 1 N–H and O–H groups in total. The van der Waals surface area contributed by atoms with Crippen LogP contribution in [0.15, 0.2) is 30.6 Å². The Balaban J connectivity index is 2.06. The Morgan fingerprint density at radius 2 is 2.18 bits per heavy atom. The quantitative estimate of drug-likeness (QED) is 0.862. The van der Waals surface area contributed by atoms with Crippen molar-refractivity contribution in [1.82, 2.24) is 20.2 Å². The summed E-state index contributed by atoms with van der Waals surface area (Å²) in [6, 6.07) is 7.07. The fourth-order valence-corrected chi connectivity index (χ4v) is 1.26. The van der Waals surface area contributed by atoms with E-state index in [0.717, 1.165) is 5.69 Å². The van der Waals surface area contributed by atoms with E-state index in [1.165, 1.54) is 11.0 Å². The van der Waals surface area contributed by atoms with Crippen molar-refractivity contribution in [2.24, 2.45) is 0 Å². The van der Waals surface area contributed by atoms with Crippen molar-refractivity contribution in [2.75, 3.05) is 11.9 Å². The first kappa shape index (κ1) is 11.1. The van der Waals surface area contributed by atoms with Crippen LogP contribution in [-0.2, 0) is 4.74 Å². The van der Waals surface area contributed by atoms with Gasteiger partial charge in [-0.05, 0) is 41.6 Å². The third-order valence-corrected chi connectivity index (χ3v) is 2.00. The van der Waals surface area contributed by atoms with Gasteiger partial charge < -0.3 is 4.74 Å². The zero-order chi connectivity index (χ0) is 12.1. The van der Waals surface area contributed by atoms with E-state index in [9.17, 15) is 4.79 Å². The molecule has 0 aliphatic rings. The first-order valence-electron chi connectivity index (χ1n) is 5.07. The summed E-state index contributed by atoms with van der Waals surface area (Å²) < 4.78 is 6.28. The van der Waals surface area contributed by atoms with E-state index < -0.39 is 6.09 Å². The number of amides is 1. The fourth-order valence-electron chi connectivity index (χ4n) is 1.26. The monoisotopic (exact) mass is 233 g/mol. The summed E-state index contributed by atoms with van der Waals surface area (Å²) >= 11 is 0. The fraction of sp³-hybridized carbons (Fsp3) is 0.200. The van der Waals surface area contributed by atoms with Crippen LogP contribution in [0, 0.1) is 0 Å². The molecular formula is C10H11N5O2. The number of anilines is 1. The highest BCUT2D eigenvalue weighted by molar-refractivity contribution is 5.84. The van der Waals surface area contributed by atoms with E-state index in [-0.39, 0.29) is 0 Å². The van der Waals surface area contributed by atoms with E-state index in [1.54, 1.807) is 31.2 Å². The SMILES string of the molecule is CCOC(=O)Nc1ccc(-n2cnnn2)cc1. The van der Waals surface area contributed by atoms with Crippen molar-refractivity contribution >= 4 is 11.8 Å². The van der Waals surface area contributed by atoms with Gasteiger partial charge in [-0.25, -0.2) is 9.48 Å². The van der Waals surface area contributed by atoms with Gasteiger partial charge in [0.15, 0.2) is 0 Å². The largest absolute Gasteiger partial charge is 0.450 e. The number of carbonyl (C=O) groups excluding carboxylic acids is 1. The van der Waals surface area contributed by atoms with Crippen LogP contribution >= 0.6 is 0 Å². The van der Waals surface area contributed by atoms with E-state index in [2.05, 4.69) is 20.8 Å². The topological polar surface area (TPSA) is 81.9 Å². The molecule has 0 fully saturated rings. The highest BCUT2D eigenvalue weighted by atomic mass is 16.5. The molecule has 1 aromatic heterocycles. The molecule has 88 valence electrons. The van der Waals surface area contributed by atoms with E-state index >= 15 is 0 Å². The number of hydrogen-bond donors (Lipinski definition) is 1. The molecule has 7 nitrogen and oxygen atoms in total. The van der Waals surface area contributed by atoms with Crippen LogP contribution in [0.4, 0.5) is 10.5 Å². The predicted octanol–water partition coefficient (Wildman–Crippen LogP) is 1.23. The molecular weight excluding hydrogens is 222 g/mol. The number of benzene rings is 1. The molecule has 1 amide bonds. The number of hydrogen-bond acceptors (Lipinski definition) is 5. The minimum atomic E-state index is -0.470. The van der Waals surface area contributed by atoms with Crippen molar-refractivity contribution in [3.8, 4) is 5.69 Å². The van der Waals surface area contributed by atoms with Gasteiger partial charge in [-0.3, -0.25) is 5.32 Å². The summed E-state index contributed by atoms with van der Waals surface area (Å²) in [5.74, 6) is 0. The van der Waals surface area contributed by atoms with Crippen molar-refractivity contribution < 1.29 is 9.53 Å². The summed E-state index contributed by atoms with van der Waals surface area (Å²) in [4.78, 5) is 11.2. The second-order valence-electron chi connectivity index (χ2n) is 3.15. The summed E-state index contributed by atoms with van der Waals surface area (Å²) in [6.07, 6.45) is 1.02. The van der Waals surface area contributed by atoms with Gasteiger partial charge in [0.2, 0.25) is 0 Å². The predicted molar refractivity (Wildman–Crippen MR) is 59.8 cm³/mol. The second kappa shape index (κ2) is 5.06. The Bertz CT molecular complexity index is 480. The number of aromatic nitrogens is 4. The van der Waals surface area contributed by atoms with Gasteiger partial charge in [-0.2, -0.15) is 0 Å². The van der Waals surface area contributed by atoms with Crippen LogP contribution in [-0.4, -0.2) is 32.9 Å². The first-order chi connectivity index (χ1) is 8.29. The summed E-state index contributed by atoms with van der Waals surface area (Å²) in [7, 11) is 0. The Kier molecular flexibility index (Phi) is 3.29. The molecule has 0 atom stereocenters. The highest BCUT2D eigenvalue weighted by Gasteiger charge is 2.02. The van der Waals surface area contributed by atoms with Gasteiger partial charge in [0.25, 0.3) is 0 Å². The average molecular weight is 233 g/mol. The lowest BCUT2D eigenvalue weighted by Gasteiger charge is -2.05. The van der Waals surface area contributed by atoms with Crippen LogP contribution in [0.1, 0.15) is 6.92 Å². The number of ether oxygens (including phenoxy) is 1. The smallest absolute Gasteiger partial charge is 0.411 e. The van der Waals surface area contributed by atoms with Gasteiger partial charge >= 0.3 is 6.09 Å². The van der Waals surface area contributed by atoms with E-state index in [1.807, 2.05) is 0 Å². The molecule has 0 unspecified atom stereocenters. The Labute approximate surface area is 97.4 Å². The third kappa shape index (κ3) is 2.77. The molecule has 0 aliphatic heterocycles. The van der Waals surface area contributed by atoms with E-state index in [0.29, 0.717) is 12.3 Å². The summed E-state index contributed by atoms with van der Waals surface area (Å²) in [6.45, 7) is 2.09.